The Balaban J connectivity index is 2.73. The van der Waals surface area contributed by atoms with Gasteiger partial charge in [0.1, 0.15) is 5.75 Å². The van der Waals surface area contributed by atoms with Crippen LogP contribution in [0.1, 0.15) is 4.79 Å². The van der Waals surface area contributed by atoms with E-state index in [0.717, 1.165) is 0 Å². The van der Waals surface area contributed by atoms with Gasteiger partial charge in [0.2, 0.25) is 0 Å². The summed E-state index contributed by atoms with van der Waals surface area (Å²) in [6.07, 6.45) is -4.99. The standard InChI is InChI=1S/C10H7F3N2O2S/c1-17-5-2-3-6-7(4-5)15(9(18)14-6)8(16)10(11,12)13/h2-4H,1H3,(H,14,18). The first-order chi connectivity index (χ1) is 8.34. The number of ether oxygens (including phenoxy) is 1. The van der Waals surface area contributed by atoms with Crippen molar-refractivity contribution in [2.45, 2.75) is 6.18 Å². The number of carbonyl (C=O) groups excluding carboxylic acids is 1. The third-order valence-electron chi connectivity index (χ3n) is 2.34. The molecule has 2 rings (SSSR count). The molecule has 0 atom stereocenters. The van der Waals surface area contributed by atoms with E-state index in [4.69, 9.17) is 17.0 Å². The van der Waals surface area contributed by atoms with Gasteiger partial charge in [-0.15, -0.1) is 0 Å². The summed E-state index contributed by atoms with van der Waals surface area (Å²) in [6, 6.07) is 4.35. The molecule has 1 N–H and O–H groups in total. The highest BCUT2D eigenvalue weighted by Crippen LogP contribution is 2.25. The third kappa shape index (κ3) is 1.99. The number of hydrogen-bond acceptors (Lipinski definition) is 3. The number of nitrogens with one attached hydrogen (secondary N) is 1. The number of benzene rings is 1. The summed E-state index contributed by atoms with van der Waals surface area (Å²) in [5, 5.41) is 0. The van der Waals surface area contributed by atoms with Crippen LogP contribution in [-0.4, -0.2) is 28.7 Å². The SMILES string of the molecule is COc1ccc2[nH]c(=S)n(C(=O)C(F)(F)F)c2c1. The number of H-pyrrole nitrogens is 1. The Hall–Kier alpha value is -1.83. The van der Waals surface area contributed by atoms with Crippen LogP contribution in [-0.2, 0) is 0 Å². The Morgan fingerprint density at radius 3 is 2.67 bits per heavy atom. The average molecular weight is 276 g/mol. The second-order valence-corrected chi connectivity index (χ2v) is 3.84. The van der Waals surface area contributed by atoms with Gasteiger partial charge in [-0.3, -0.25) is 4.79 Å². The number of rotatable bonds is 1. The average Bonchev–Trinajstić information content (AvgIpc) is 2.61. The molecule has 0 fully saturated rings. The van der Waals surface area contributed by atoms with Gasteiger partial charge < -0.3 is 9.72 Å². The molecule has 0 saturated heterocycles. The number of hydrogen-bond donors (Lipinski definition) is 1. The van der Waals surface area contributed by atoms with Crippen LogP contribution in [0.3, 0.4) is 0 Å². The predicted octanol–water partition coefficient (Wildman–Crippen LogP) is 2.91. The van der Waals surface area contributed by atoms with Gasteiger partial charge in [-0.05, 0) is 24.4 Å². The lowest BCUT2D eigenvalue weighted by molar-refractivity contribution is -0.0944. The quantitative estimate of drug-likeness (QED) is 0.815. The van der Waals surface area contributed by atoms with Crippen molar-refractivity contribution in [3.63, 3.8) is 0 Å². The van der Waals surface area contributed by atoms with E-state index in [9.17, 15) is 18.0 Å². The van der Waals surface area contributed by atoms with Crippen molar-refractivity contribution in [2.24, 2.45) is 0 Å². The van der Waals surface area contributed by atoms with Crippen LogP contribution < -0.4 is 4.74 Å². The van der Waals surface area contributed by atoms with Crippen LogP contribution in [0, 0.1) is 4.77 Å². The lowest BCUT2D eigenvalue weighted by atomic mass is 10.3. The van der Waals surface area contributed by atoms with Crippen molar-refractivity contribution in [3.05, 3.63) is 23.0 Å². The van der Waals surface area contributed by atoms with Crippen LogP contribution >= 0.6 is 12.2 Å². The molecule has 4 nitrogen and oxygen atoms in total. The summed E-state index contributed by atoms with van der Waals surface area (Å²) in [4.78, 5) is 13.8. The highest BCUT2D eigenvalue weighted by Gasteiger charge is 2.41. The molecule has 0 bridgehead atoms. The summed E-state index contributed by atoms with van der Waals surface area (Å²) < 4.78 is 42.3. The maximum Gasteiger partial charge on any atom is 0.472 e. The van der Waals surface area contributed by atoms with Crippen LogP contribution in [0.25, 0.3) is 11.0 Å². The summed E-state index contributed by atoms with van der Waals surface area (Å²) in [6.45, 7) is 0. The molecule has 8 heteroatoms. The topological polar surface area (TPSA) is 47.0 Å². The van der Waals surface area contributed by atoms with Gasteiger partial charge in [-0.1, -0.05) is 0 Å². The number of aromatic amines is 1. The minimum atomic E-state index is -4.99. The molecule has 0 aliphatic carbocycles. The van der Waals surface area contributed by atoms with Gasteiger partial charge >= 0.3 is 12.1 Å². The molecule has 1 heterocycles. The number of fused-ring (bicyclic) bond motifs is 1. The number of carbonyl (C=O) groups is 1. The molecule has 1 aromatic heterocycles. The fourth-order valence-corrected chi connectivity index (χ4v) is 1.83. The van der Waals surface area contributed by atoms with E-state index in [-0.39, 0.29) is 10.3 Å². The summed E-state index contributed by atoms with van der Waals surface area (Å²) >= 11 is 4.72. The van der Waals surface area contributed by atoms with E-state index in [1.165, 1.54) is 19.2 Å². The highest BCUT2D eigenvalue weighted by molar-refractivity contribution is 7.71. The number of methoxy groups -OCH3 is 1. The molecular weight excluding hydrogens is 269 g/mol. The minimum absolute atomic E-state index is 0.0293. The zero-order chi connectivity index (χ0) is 13.5. The molecule has 0 amide bonds. The van der Waals surface area contributed by atoms with Crippen LogP contribution in [0.4, 0.5) is 13.2 Å². The van der Waals surface area contributed by atoms with E-state index in [2.05, 4.69) is 4.98 Å². The normalized spacial score (nSPS) is 11.8. The Morgan fingerprint density at radius 2 is 2.11 bits per heavy atom. The number of imidazole rings is 1. The van der Waals surface area contributed by atoms with Gasteiger partial charge in [0, 0.05) is 6.07 Å². The van der Waals surface area contributed by atoms with E-state index < -0.39 is 12.1 Å². The Bertz CT molecular complexity index is 672. The van der Waals surface area contributed by atoms with E-state index in [0.29, 0.717) is 15.8 Å². The molecule has 0 radical (unpaired) electrons. The summed E-state index contributed by atoms with van der Waals surface area (Å²) in [5.41, 5.74) is 0.361. The number of nitrogens with zero attached hydrogens (tertiary/aromatic N) is 1. The van der Waals surface area contributed by atoms with Crippen molar-refractivity contribution in [3.8, 4) is 5.75 Å². The van der Waals surface area contributed by atoms with Gasteiger partial charge in [-0.25, -0.2) is 4.57 Å². The molecule has 2 aromatic rings. The maximum absolute atomic E-state index is 12.4. The largest absolute Gasteiger partial charge is 0.497 e. The fraction of sp³-hybridized carbons (Fsp3) is 0.200. The van der Waals surface area contributed by atoms with Crippen molar-refractivity contribution in [2.75, 3.05) is 7.11 Å². The second kappa shape index (κ2) is 4.13. The first-order valence-electron chi connectivity index (χ1n) is 4.75. The van der Waals surface area contributed by atoms with E-state index >= 15 is 0 Å². The number of halogens is 3. The maximum atomic E-state index is 12.4. The number of alkyl halides is 3. The third-order valence-corrected chi connectivity index (χ3v) is 2.62. The molecule has 0 saturated carbocycles. The van der Waals surface area contributed by atoms with Gasteiger partial charge in [-0.2, -0.15) is 13.2 Å². The molecule has 0 spiro atoms. The predicted molar refractivity (Wildman–Crippen MR) is 60.4 cm³/mol. The lowest BCUT2D eigenvalue weighted by Gasteiger charge is -2.07. The zero-order valence-electron chi connectivity index (χ0n) is 9.04. The van der Waals surface area contributed by atoms with E-state index in [1.54, 1.807) is 6.07 Å². The van der Waals surface area contributed by atoms with Crippen LogP contribution in [0.2, 0.25) is 0 Å². The first-order valence-corrected chi connectivity index (χ1v) is 5.15. The Labute approximate surface area is 104 Å². The van der Waals surface area contributed by atoms with Crippen LogP contribution in [0.5, 0.6) is 5.75 Å². The zero-order valence-corrected chi connectivity index (χ0v) is 9.85. The van der Waals surface area contributed by atoms with Crippen molar-refractivity contribution < 1.29 is 22.7 Å². The van der Waals surface area contributed by atoms with Gasteiger partial charge in [0.05, 0.1) is 18.1 Å². The number of aromatic nitrogens is 2. The monoisotopic (exact) mass is 276 g/mol. The second-order valence-electron chi connectivity index (χ2n) is 3.45. The molecule has 18 heavy (non-hydrogen) atoms. The molecule has 0 aliphatic rings. The minimum Gasteiger partial charge on any atom is -0.497 e. The summed E-state index contributed by atoms with van der Waals surface area (Å²) in [7, 11) is 1.37. The van der Waals surface area contributed by atoms with Crippen molar-refractivity contribution >= 4 is 29.2 Å². The molecular formula is C10H7F3N2O2S. The van der Waals surface area contributed by atoms with Crippen molar-refractivity contribution in [1.29, 1.82) is 0 Å². The Kier molecular flexibility index (Phi) is 2.89. The first kappa shape index (κ1) is 12.6. The van der Waals surface area contributed by atoms with Crippen LogP contribution in [0.15, 0.2) is 18.2 Å². The smallest absolute Gasteiger partial charge is 0.472 e. The van der Waals surface area contributed by atoms with Crippen molar-refractivity contribution in [1.82, 2.24) is 9.55 Å². The highest BCUT2D eigenvalue weighted by atomic mass is 32.1. The molecule has 1 aromatic carbocycles. The Morgan fingerprint density at radius 1 is 1.44 bits per heavy atom. The lowest BCUT2D eigenvalue weighted by Crippen LogP contribution is -2.29. The van der Waals surface area contributed by atoms with Gasteiger partial charge in [0.15, 0.2) is 4.77 Å². The van der Waals surface area contributed by atoms with Gasteiger partial charge in [0.25, 0.3) is 0 Å². The molecule has 96 valence electrons. The van der Waals surface area contributed by atoms with E-state index in [1.807, 2.05) is 0 Å². The summed E-state index contributed by atoms with van der Waals surface area (Å²) in [5.74, 6) is -1.70. The molecule has 0 aliphatic heterocycles. The molecule has 0 unspecified atom stereocenters. The fourth-order valence-electron chi connectivity index (χ4n) is 1.54.